The first-order valence-corrected chi connectivity index (χ1v) is 4.67. The van der Waals surface area contributed by atoms with Gasteiger partial charge in [0.25, 0.3) is 0 Å². The molecule has 0 N–H and O–H groups in total. The van der Waals surface area contributed by atoms with Crippen LogP contribution in [0, 0.1) is 17.8 Å². The molecule has 11 heavy (non-hydrogen) atoms. The molecule has 0 spiro atoms. The van der Waals surface area contributed by atoms with E-state index in [0.717, 1.165) is 17.8 Å². The summed E-state index contributed by atoms with van der Waals surface area (Å²) >= 11 is 0. The maximum atomic E-state index is 2.46. The Hall–Kier alpha value is -0.520. The van der Waals surface area contributed by atoms with Crippen molar-refractivity contribution in [1.82, 2.24) is 0 Å². The molecular weight excluding hydrogens is 132 g/mol. The summed E-state index contributed by atoms with van der Waals surface area (Å²) < 4.78 is 0. The Morgan fingerprint density at radius 3 is 2.55 bits per heavy atom. The second-order valence-electron chi connectivity index (χ2n) is 4.10. The molecular formula is C11H16. The molecule has 0 aromatic heterocycles. The molecule has 0 saturated heterocycles. The van der Waals surface area contributed by atoms with E-state index < -0.39 is 0 Å². The summed E-state index contributed by atoms with van der Waals surface area (Å²) in [5.41, 5.74) is 1.54. The second kappa shape index (κ2) is 2.51. The van der Waals surface area contributed by atoms with E-state index in [9.17, 15) is 0 Å². The number of rotatable bonds is 2. The topological polar surface area (TPSA) is 0 Å². The lowest BCUT2D eigenvalue weighted by molar-refractivity contribution is 0.694. The van der Waals surface area contributed by atoms with Gasteiger partial charge in [-0.05, 0) is 36.2 Å². The molecule has 0 heteroatoms. The van der Waals surface area contributed by atoms with Crippen LogP contribution in [0.3, 0.4) is 0 Å². The van der Waals surface area contributed by atoms with Gasteiger partial charge in [-0.3, -0.25) is 0 Å². The molecule has 0 bridgehead atoms. The van der Waals surface area contributed by atoms with Crippen molar-refractivity contribution in [2.24, 2.45) is 17.8 Å². The van der Waals surface area contributed by atoms with E-state index in [2.05, 4.69) is 32.1 Å². The van der Waals surface area contributed by atoms with Crippen molar-refractivity contribution in [2.45, 2.75) is 26.7 Å². The van der Waals surface area contributed by atoms with Gasteiger partial charge in [0, 0.05) is 0 Å². The molecule has 2 aliphatic rings. The summed E-state index contributed by atoms with van der Waals surface area (Å²) in [4.78, 5) is 0. The smallest absolute Gasteiger partial charge is 0.00161 e. The van der Waals surface area contributed by atoms with Crippen molar-refractivity contribution in [3.8, 4) is 0 Å². The fraction of sp³-hybridized carbons (Fsp3) is 0.636. The third-order valence-electron chi connectivity index (χ3n) is 2.73. The van der Waals surface area contributed by atoms with Crippen LogP contribution in [0.15, 0.2) is 23.8 Å². The SMILES string of the molecule is CC(C)C1=CC(C2CC2)C=C1. The third kappa shape index (κ3) is 1.40. The van der Waals surface area contributed by atoms with Crippen LogP contribution in [0.4, 0.5) is 0 Å². The van der Waals surface area contributed by atoms with Gasteiger partial charge in [0.15, 0.2) is 0 Å². The van der Waals surface area contributed by atoms with Gasteiger partial charge < -0.3 is 0 Å². The molecule has 0 aromatic carbocycles. The first kappa shape index (κ1) is 7.15. The molecule has 60 valence electrons. The second-order valence-corrected chi connectivity index (χ2v) is 4.10. The Morgan fingerprint density at radius 1 is 1.36 bits per heavy atom. The van der Waals surface area contributed by atoms with Crippen molar-refractivity contribution in [3.05, 3.63) is 23.8 Å². The predicted octanol–water partition coefficient (Wildman–Crippen LogP) is 3.16. The first-order valence-electron chi connectivity index (χ1n) is 4.67. The van der Waals surface area contributed by atoms with Gasteiger partial charge in [-0.25, -0.2) is 0 Å². The van der Waals surface area contributed by atoms with Crippen molar-refractivity contribution in [2.75, 3.05) is 0 Å². The molecule has 0 aliphatic heterocycles. The highest BCUT2D eigenvalue weighted by molar-refractivity contribution is 5.31. The van der Waals surface area contributed by atoms with Crippen molar-refractivity contribution in [3.63, 3.8) is 0 Å². The Labute approximate surface area is 69.0 Å². The predicted molar refractivity (Wildman–Crippen MR) is 48.3 cm³/mol. The zero-order valence-corrected chi connectivity index (χ0v) is 7.38. The lowest BCUT2D eigenvalue weighted by Gasteiger charge is -2.03. The van der Waals surface area contributed by atoms with E-state index in [1.807, 2.05) is 0 Å². The Bertz CT molecular complexity index is 204. The van der Waals surface area contributed by atoms with Crippen LogP contribution in [0.2, 0.25) is 0 Å². The van der Waals surface area contributed by atoms with Crippen molar-refractivity contribution >= 4 is 0 Å². The molecule has 0 aromatic rings. The Balaban J connectivity index is 2.04. The molecule has 0 amide bonds. The van der Waals surface area contributed by atoms with Crippen molar-refractivity contribution in [1.29, 1.82) is 0 Å². The van der Waals surface area contributed by atoms with E-state index in [-0.39, 0.29) is 0 Å². The van der Waals surface area contributed by atoms with E-state index in [0.29, 0.717) is 0 Å². The lowest BCUT2D eigenvalue weighted by atomic mass is 10.0. The number of allylic oxidation sites excluding steroid dienone is 4. The van der Waals surface area contributed by atoms with Crippen LogP contribution >= 0.6 is 0 Å². The standard InChI is InChI=1S/C11H16/c1-8(2)10-5-6-11(7-10)9-3-4-9/h5-9,11H,3-4H2,1-2H3. The van der Waals surface area contributed by atoms with Crippen LogP contribution in [0.25, 0.3) is 0 Å². The number of hydrogen-bond donors (Lipinski definition) is 0. The van der Waals surface area contributed by atoms with Crippen LogP contribution in [0.1, 0.15) is 26.7 Å². The minimum Gasteiger partial charge on any atom is -0.0771 e. The average molecular weight is 148 g/mol. The van der Waals surface area contributed by atoms with Crippen LogP contribution in [-0.2, 0) is 0 Å². The molecule has 0 radical (unpaired) electrons. The van der Waals surface area contributed by atoms with Crippen LogP contribution in [-0.4, -0.2) is 0 Å². The summed E-state index contributed by atoms with van der Waals surface area (Å²) in [7, 11) is 0. The maximum absolute atomic E-state index is 2.46. The van der Waals surface area contributed by atoms with Gasteiger partial charge in [-0.1, -0.05) is 32.1 Å². The monoisotopic (exact) mass is 148 g/mol. The summed E-state index contributed by atoms with van der Waals surface area (Å²) in [5.74, 6) is 2.52. The fourth-order valence-corrected chi connectivity index (χ4v) is 1.71. The molecule has 2 aliphatic carbocycles. The minimum absolute atomic E-state index is 0.718. The summed E-state index contributed by atoms with van der Waals surface area (Å²) in [5, 5.41) is 0. The Kier molecular flexibility index (Phi) is 1.63. The summed E-state index contributed by atoms with van der Waals surface area (Å²) in [6.45, 7) is 4.54. The molecule has 1 atom stereocenters. The summed E-state index contributed by atoms with van der Waals surface area (Å²) in [6.07, 6.45) is 10.1. The van der Waals surface area contributed by atoms with E-state index in [4.69, 9.17) is 0 Å². The van der Waals surface area contributed by atoms with Gasteiger partial charge >= 0.3 is 0 Å². The summed E-state index contributed by atoms with van der Waals surface area (Å²) in [6, 6.07) is 0. The van der Waals surface area contributed by atoms with Crippen LogP contribution < -0.4 is 0 Å². The maximum Gasteiger partial charge on any atom is -0.00161 e. The van der Waals surface area contributed by atoms with Gasteiger partial charge in [-0.15, -0.1) is 0 Å². The third-order valence-corrected chi connectivity index (χ3v) is 2.73. The van der Waals surface area contributed by atoms with Crippen molar-refractivity contribution < 1.29 is 0 Å². The first-order chi connectivity index (χ1) is 5.27. The van der Waals surface area contributed by atoms with E-state index in [1.54, 1.807) is 5.57 Å². The number of hydrogen-bond acceptors (Lipinski definition) is 0. The quantitative estimate of drug-likeness (QED) is 0.564. The highest BCUT2D eigenvalue weighted by Gasteiger charge is 2.29. The van der Waals surface area contributed by atoms with Gasteiger partial charge in [0.2, 0.25) is 0 Å². The molecule has 0 nitrogen and oxygen atoms in total. The van der Waals surface area contributed by atoms with Gasteiger partial charge in [0.1, 0.15) is 0 Å². The van der Waals surface area contributed by atoms with Gasteiger partial charge in [-0.2, -0.15) is 0 Å². The molecule has 1 unspecified atom stereocenters. The fourth-order valence-electron chi connectivity index (χ4n) is 1.71. The molecule has 2 rings (SSSR count). The lowest BCUT2D eigenvalue weighted by Crippen LogP contribution is -1.92. The zero-order chi connectivity index (χ0) is 7.84. The highest BCUT2D eigenvalue weighted by Crippen LogP contribution is 2.41. The van der Waals surface area contributed by atoms with Gasteiger partial charge in [0.05, 0.1) is 0 Å². The molecule has 1 fully saturated rings. The largest absolute Gasteiger partial charge is 0.0771 e. The van der Waals surface area contributed by atoms with Crippen LogP contribution in [0.5, 0.6) is 0 Å². The zero-order valence-electron chi connectivity index (χ0n) is 7.38. The van der Waals surface area contributed by atoms with E-state index in [1.165, 1.54) is 12.8 Å². The van der Waals surface area contributed by atoms with E-state index >= 15 is 0 Å². The normalized spacial score (nSPS) is 29.7. The highest BCUT2D eigenvalue weighted by atomic mass is 14.3. The Morgan fingerprint density at radius 2 is 2.09 bits per heavy atom. The minimum atomic E-state index is 0.718. The molecule has 0 heterocycles. The average Bonchev–Trinajstić information content (AvgIpc) is 2.68. The molecule has 1 saturated carbocycles.